The second-order valence-electron chi connectivity index (χ2n) is 6.52. The second-order valence-corrected chi connectivity index (χ2v) is 8.08. The van der Waals surface area contributed by atoms with Gasteiger partial charge in [-0.25, -0.2) is 13.6 Å². The van der Waals surface area contributed by atoms with Crippen molar-refractivity contribution in [3.63, 3.8) is 0 Å². The van der Waals surface area contributed by atoms with E-state index in [2.05, 4.69) is 17.3 Å². The first-order valence-corrected chi connectivity index (χ1v) is 9.59. The van der Waals surface area contributed by atoms with Crippen LogP contribution >= 0.6 is 0 Å². The fourth-order valence-corrected chi connectivity index (χ4v) is 4.30. The van der Waals surface area contributed by atoms with Gasteiger partial charge in [0.2, 0.25) is 10.0 Å². The van der Waals surface area contributed by atoms with E-state index in [1.54, 1.807) is 12.1 Å². The first kappa shape index (κ1) is 15.9. The highest BCUT2D eigenvalue weighted by molar-refractivity contribution is 7.89. The summed E-state index contributed by atoms with van der Waals surface area (Å²) in [6.07, 6.45) is 5.68. The highest BCUT2D eigenvalue weighted by Gasteiger charge is 2.25. The van der Waals surface area contributed by atoms with Crippen LogP contribution in [0.2, 0.25) is 0 Å². The minimum Gasteiger partial charge on any atom is -0.310 e. The van der Waals surface area contributed by atoms with Crippen LogP contribution in [0.25, 0.3) is 0 Å². The minimum absolute atomic E-state index is 0.220. The summed E-state index contributed by atoms with van der Waals surface area (Å²) in [5.41, 5.74) is 2.36. The molecule has 0 spiro atoms. The number of sulfonamides is 1. The molecule has 1 aromatic carbocycles. The molecule has 122 valence electrons. The third-order valence-electron chi connectivity index (χ3n) is 5.07. The molecular formula is C16H25N3O2S. The van der Waals surface area contributed by atoms with Crippen LogP contribution in [0.1, 0.15) is 42.9 Å². The average molecular weight is 323 g/mol. The standard InChI is InChI=1S/C16H25N3O2S/c1-19-10-2-3-13(19)5-7-16-15-11-14(22(17,20)21)6-4-12(15)8-9-18-16/h4,6,11,13,16,18H,2-3,5,7-10H2,1H3,(H2,17,20,21). The number of primary sulfonamides is 1. The quantitative estimate of drug-likeness (QED) is 0.878. The molecule has 1 saturated heterocycles. The molecule has 0 bridgehead atoms. The molecule has 2 unspecified atom stereocenters. The van der Waals surface area contributed by atoms with Gasteiger partial charge in [-0.1, -0.05) is 6.07 Å². The largest absolute Gasteiger partial charge is 0.310 e. The van der Waals surface area contributed by atoms with E-state index in [1.165, 1.54) is 24.9 Å². The fraction of sp³-hybridized carbons (Fsp3) is 0.625. The van der Waals surface area contributed by atoms with Gasteiger partial charge >= 0.3 is 0 Å². The maximum absolute atomic E-state index is 11.6. The zero-order valence-corrected chi connectivity index (χ0v) is 13.9. The van der Waals surface area contributed by atoms with Crippen LogP contribution in [0.5, 0.6) is 0 Å². The molecule has 2 aliphatic rings. The lowest BCUT2D eigenvalue weighted by atomic mass is 9.90. The lowest BCUT2D eigenvalue weighted by Gasteiger charge is -2.29. The van der Waals surface area contributed by atoms with Crippen LogP contribution in [-0.2, 0) is 16.4 Å². The monoisotopic (exact) mass is 323 g/mol. The predicted molar refractivity (Wildman–Crippen MR) is 87.1 cm³/mol. The summed E-state index contributed by atoms with van der Waals surface area (Å²) in [7, 11) is -1.44. The van der Waals surface area contributed by atoms with Crippen molar-refractivity contribution in [1.29, 1.82) is 0 Å². The average Bonchev–Trinajstić information content (AvgIpc) is 2.89. The van der Waals surface area contributed by atoms with Gasteiger partial charge in [-0.15, -0.1) is 0 Å². The Morgan fingerprint density at radius 2 is 2.18 bits per heavy atom. The number of benzene rings is 1. The zero-order chi connectivity index (χ0) is 15.7. The highest BCUT2D eigenvalue weighted by atomic mass is 32.2. The Morgan fingerprint density at radius 3 is 2.86 bits per heavy atom. The van der Waals surface area contributed by atoms with Crippen molar-refractivity contribution >= 4 is 10.0 Å². The van der Waals surface area contributed by atoms with Crippen molar-refractivity contribution in [3.8, 4) is 0 Å². The van der Waals surface area contributed by atoms with Gasteiger partial charge in [0.15, 0.2) is 0 Å². The number of rotatable bonds is 4. The third-order valence-corrected chi connectivity index (χ3v) is 5.98. The molecular weight excluding hydrogens is 298 g/mol. The molecule has 0 radical (unpaired) electrons. The smallest absolute Gasteiger partial charge is 0.238 e. The van der Waals surface area contributed by atoms with Gasteiger partial charge in [-0.3, -0.25) is 0 Å². The van der Waals surface area contributed by atoms with Crippen molar-refractivity contribution in [2.75, 3.05) is 20.1 Å². The summed E-state index contributed by atoms with van der Waals surface area (Å²) in [6.45, 7) is 2.14. The molecule has 22 heavy (non-hydrogen) atoms. The van der Waals surface area contributed by atoms with E-state index in [4.69, 9.17) is 5.14 Å². The van der Waals surface area contributed by atoms with Crippen LogP contribution in [0.3, 0.4) is 0 Å². The first-order chi connectivity index (χ1) is 10.4. The Labute approximate surface area is 132 Å². The van der Waals surface area contributed by atoms with Crippen molar-refractivity contribution in [2.45, 2.75) is 49.1 Å². The maximum atomic E-state index is 11.6. The van der Waals surface area contributed by atoms with Gasteiger partial charge in [0, 0.05) is 12.1 Å². The van der Waals surface area contributed by atoms with Crippen molar-refractivity contribution in [1.82, 2.24) is 10.2 Å². The SMILES string of the molecule is CN1CCCC1CCC1NCCc2ccc(S(N)(=O)=O)cc21. The fourth-order valence-electron chi connectivity index (χ4n) is 3.75. The van der Waals surface area contributed by atoms with Gasteiger partial charge in [0.25, 0.3) is 0 Å². The number of nitrogens with one attached hydrogen (secondary N) is 1. The molecule has 1 fully saturated rings. The van der Waals surface area contributed by atoms with Crippen molar-refractivity contribution in [2.24, 2.45) is 5.14 Å². The van der Waals surface area contributed by atoms with Crippen LogP contribution in [0.4, 0.5) is 0 Å². The molecule has 5 nitrogen and oxygen atoms in total. The second kappa shape index (κ2) is 6.28. The summed E-state index contributed by atoms with van der Waals surface area (Å²) in [4.78, 5) is 2.66. The highest BCUT2D eigenvalue weighted by Crippen LogP contribution is 2.30. The molecule has 0 amide bonds. The van der Waals surface area contributed by atoms with E-state index in [9.17, 15) is 8.42 Å². The van der Waals surface area contributed by atoms with Gasteiger partial charge in [0.05, 0.1) is 4.90 Å². The lowest BCUT2D eigenvalue weighted by molar-refractivity contribution is 0.279. The van der Waals surface area contributed by atoms with Gasteiger partial charge in [-0.05, 0) is 75.5 Å². The summed E-state index contributed by atoms with van der Waals surface area (Å²) in [5.74, 6) is 0. The molecule has 6 heteroatoms. The van der Waals surface area contributed by atoms with E-state index >= 15 is 0 Å². The normalized spacial score (nSPS) is 26.1. The first-order valence-electron chi connectivity index (χ1n) is 8.04. The van der Waals surface area contributed by atoms with Crippen molar-refractivity contribution < 1.29 is 8.42 Å². The number of likely N-dealkylation sites (tertiary alicyclic amines) is 1. The van der Waals surface area contributed by atoms with Crippen LogP contribution < -0.4 is 10.5 Å². The Hall–Kier alpha value is -0.950. The zero-order valence-electron chi connectivity index (χ0n) is 13.1. The molecule has 2 atom stereocenters. The molecule has 0 aromatic heterocycles. The summed E-state index contributed by atoms with van der Waals surface area (Å²) < 4.78 is 23.2. The molecule has 3 rings (SSSR count). The van der Waals surface area contributed by atoms with E-state index in [-0.39, 0.29) is 10.9 Å². The van der Waals surface area contributed by atoms with Gasteiger partial charge in [0.1, 0.15) is 0 Å². The molecule has 0 aliphatic carbocycles. The molecule has 2 aliphatic heterocycles. The Kier molecular flexibility index (Phi) is 4.54. The predicted octanol–water partition coefficient (Wildman–Crippen LogP) is 1.40. The van der Waals surface area contributed by atoms with Gasteiger partial charge in [-0.2, -0.15) is 0 Å². The van der Waals surface area contributed by atoms with Crippen LogP contribution in [-0.4, -0.2) is 39.5 Å². The number of nitrogens with zero attached hydrogens (tertiary/aromatic N) is 1. The Morgan fingerprint density at radius 1 is 1.36 bits per heavy atom. The third kappa shape index (κ3) is 3.35. The van der Waals surface area contributed by atoms with E-state index in [0.29, 0.717) is 6.04 Å². The number of hydrogen-bond acceptors (Lipinski definition) is 4. The summed E-state index contributed by atoms with van der Waals surface area (Å²) in [6, 6.07) is 6.21. The van der Waals surface area contributed by atoms with E-state index < -0.39 is 10.0 Å². The van der Waals surface area contributed by atoms with Crippen molar-refractivity contribution in [3.05, 3.63) is 29.3 Å². The number of fused-ring (bicyclic) bond motifs is 1. The minimum atomic E-state index is -3.64. The summed E-state index contributed by atoms with van der Waals surface area (Å²) >= 11 is 0. The topological polar surface area (TPSA) is 75.4 Å². The Bertz CT molecular complexity index is 645. The van der Waals surface area contributed by atoms with E-state index in [0.717, 1.165) is 31.4 Å². The molecule has 2 heterocycles. The number of hydrogen-bond donors (Lipinski definition) is 2. The lowest BCUT2D eigenvalue weighted by Crippen LogP contribution is -2.32. The summed E-state index contributed by atoms with van der Waals surface area (Å²) in [5, 5.41) is 8.81. The Balaban J connectivity index is 1.77. The van der Waals surface area contributed by atoms with Crippen LogP contribution in [0.15, 0.2) is 23.1 Å². The molecule has 0 saturated carbocycles. The number of nitrogens with two attached hydrogens (primary N) is 1. The van der Waals surface area contributed by atoms with E-state index in [1.807, 2.05) is 6.07 Å². The maximum Gasteiger partial charge on any atom is 0.238 e. The van der Waals surface area contributed by atoms with Crippen LogP contribution in [0, 0.1) is 0 Å². The molecule has 3 N–H and O–H groups in total. The van der Waals surface area contributed by atoms with Gasteiger partial charge < -0.3 is 10.2 Å². The molecule has 1 aromatic rings.